The Morgan fingerprint density at radius 2 is 2.12 bits per heavy atom. The monoisotopic (exact) mass is 361 g/mol. The van der Waals surface area contributed by atoms with E-state index in [1.807, 2.05) is 26.0 Å². The number of nitriles is 1. The molecule has 0 unspecified atom stereocenters. The molecule has 0 fully saturated rings. The van der Waals surface area contributed by atoms with Gasteiger partial charge in [0.25, 0.3) is 5.56 Å². The fraction of sp³-hybridized carbons (Fsp3) is 0.286. The molecule has 0 saturated carbocycles. The van der Waals surface area contributed by atoms with Gasteiger partial charge < -0.3 is 4.98 Å². The molecule has 0 radical (unpaired) electrons. The van der Waals surface area contributed by atoms with Crippen LogP contribution in [0.4, 0.5) is 0 Å². The van der Waals surface area contributed by atoms with E-state index in [4.69, 9.17) is 0 Å². The zero-order chi connectivity index (χ0) is 18.3. The van der Waals surface area contributed by atoms with Crippen LogP contribution in [0.25, 0.3) is 21.9 Å². The highest BCUT2D eigenvalue weighted by atomic mass is 32.1. The predicted octanol–water partition coefficient (Wildman–Crippen LogP) is 4.54. The largest absolute Gasteiger partial charge is 0.305 e. The van der Waals surface area contributed by atoms with E-state index in [0.29, 0.717) is 11.4 Å². The number of aryl methyl sites for hydroxylation is 4. The molecule has 3 aromatic rings. The van der Waals surface area contributed by atoms with Gasteiger partial charge in [-0.2, -0.15) is 5.26 Å². The molecule has 1 aliphatic rings. The van der Waals surface area contributed by atoms with Gasteiger partial charge in [0, 0.05) is 4.88 Å². The summed E-state index contributed by atoms with van der Waals surface area (Å²) in [5.74, 6) is 0.351. The lowest BCUT2D eigenvalue weighted by molar-refractivity contribution is 0.700. The number of H-pyrrole nitrogens is 1. The molecule has 0 amide bonds. The van der Waals surface area contributed by atoms with Crippen LogP contribution in [0, 0.1) is 25.2 Å². The maximum atomic E-state index is 12.7. The van der Waals surface area contributed by atoms with Crippen LogP contribution < -0.4 is 5.56 Å². The average molecular weight is 361 g/mol. The van der Waals surface area contributed by atoms with Crippen molar-refractivity contribution in [2.75, 3.05) is 0 Å². The highest BCUT2D eigenvalue weighted by molar-refractivity contribution is 7.18. The first-order chi connectivity index (χ1) is 12.6. The Kier molecular flexibility index (Phi) is 4.21. The second kappa shape index (κ2) is 6.54. The highest BCUT2D eigenvalue weighted by Crippen LogP contribution is 2.34. The number of rotatable bonds is 2. The van der Waals surface area contributed by atoms with Crippen molar-refractivity contribution in [3.63, 3.8) is 0 Å². The molecule has 26 heavy (non-hydrogen) atoms. The molecule has 0 spiro atoms. The van der Waals surface area contributed by atoms with Crippen molar-refractivity contribution >= 4 is 33.2 Å². The van der Waals surface area contributed by atoms with Gasteiger partial charge in [0.1, 0.15) is 10.9 Å². The van der Waals surface area contributed by atoms with E-state index in [1.165, 1.54) is 16.9 Å². The first-order valence-electron chi connectivity index (χ1n) is 8.81. The highest BCUT2D eigenvalue weighted by Gasteiger charge is 2.20. The lowest BCUT2D eigenvalue weighted by atomic mass is 9.97. The Morgan fingerprint density at radius 1 is 1.31 bits per heavy atom. The molecule has 0 bridgehead atoms. The Hall–Kier alpha value is -2.71. The molecule has 0 saturated heterocycles. The van der Waals surface area contributed by atoms with E-state index in [2.05, 4.69) is 22.1 Å². The van der Waals surface area contributed by atoms with Crippen LogP contribution in [0.2, 0.25) is 0 Å². The number of hydrogen-bond donors (Lipinski definition) is 1. The zero-order valence-electron chi connectivity index (χ0n) is 14.8. The van der Waals surface area contributed by atoms with Crippen molar-refractivity contribution in [1.29, 1.82) is 5.26 Å². The van der Waals surface area contributed by atoms with Crippen LogP contribution in [-0.2, 0) is 12.8 Å². The summed E-state index contributed by atoms with van der Waals surface area (Å²) in [6, 6.07) is 8.28. The zero-order valence-corrected chi connectivity index (χ0v) is 15.7. The van der Waals surface area contributed by atoms with E-state index >= 15 is 0 Å². The Balaban J connectivity index is 1.86. The molecular formula is C21H19N3OS. The summed E-state index contributed by atoms with van der Waals surface area (Å²) in [6.45, 7) is 4.05. The Bertz CT molecular complexity index is 1140. The fourth-order valence-electron chi connectivity index (χ4n) is 3.59. The smallest absolute Gasteiger partial charge is 0.260 e. The summed E-state index contributed by atoms with van der Waals surface area (Å²) in [7, 11) is 0. The topological polar surface area (TPSA) is 69.5 Å². The van der Waals surface area contributed by atoms with Gasteiger partial charge in [-0.05, 0) is 62.3 Å². The maximum Gasteiger partial charge on any atom is 0.260 e. The number of nitrogens with zero attached hydrogens (tertiary/aromatic N) is 2. The molecule has 1 N–H and O–H groups in total. The number of aromatic amines is 1. The summed E-state index contributed by atoms with van der Waals surface area (Å²) in [4.78, 5) is 22.2. The number of nitrogens with one attached hydrogen (secondary N) is 1. The third-order valence-electron chi connectivity index (χ3n) is 4.93. The van der Waals surface area contributed by atoms with Crippen LogP contribution in [0.1, 0.15) is 45.8 Å². The summed E-state index contributed by atoms with van der Waals surface area (Å²) >= 11 is 1.60. The summed E-state index contributed by atoms with van der Waals surface area (Å²) in [5, 5.41) is 10.4. The second-order valence-electron chi connectivity index (χ2n) is 6.84. The van der Waals surface area contributed by atoms with Gasteiger partial charge in [0.2, 0.25) is 0 Å². The van der Waals surface area contributed by atoms with Gasteiger partial charge in [0.15, 0.2) is 5.82 Å². The van der Waals surface area contributed by atoms with E-state index < -0.39 is 0 Å². The molecule has 1 aromatic carbocycles. The Labute approximate surface area is 155 Å². The van der Waals surface area contributed by atoms with Crippen molar-refractivity contribution in [1.82, 2.24) is 9.97 Å². The van der Waals surface area contributed by atoms with Crippen molar-refractivity contribution in [3.05, 3.63) is 61.5 Å². The number of hydrogen-bond acceptors (Lipinski definition) is 4. The van der Waals surface area contributed by atoms with Crippen LogP contribution in [0.15, 0.2) is 23.0 Å². The minimum Gasteiger partial charge on any atom is -0.305 e. The normalized spacial score (nSPS) is 14.3. The molecule has 2 aromatic heterocycles. The maximum absolute atomic E-state index is 12.7. The van der Waals surface area contributed by atoms with E-state index in [1.54, 1.807) is 17.4 Å². The number of fused-ring (bicyclic) bond motifs is 3. The van der Waals surface area contributed by atoms with Gasteiger partial charge in [-0.25, -0.2) is 4.98 Å². The van der Waals surface area contributed by atoms with Gasteiger partial charge in [-0.3, -0.25) is 4.79 Å². The SMILES string of the molecule is Cc1ccc(/C=C(\C#N)c2nc3sc4c(c3c(=O)[nH]2)CCCC4)c(C)c1. The molecule has 5 heteroatoms. The minimum absolute atomic E-state index is 0.133. The lowest BCUT2D eigenvalue weighted by Crippen LogP contribution is -2.12. The number of benzene rings is 1. The molecule has 4 nitrogen and oxygen atoms in total. The first kappa shape index (κ1) is 16.7. The van der Waals surface area contributed by atoms with Gasteiger partial charge in [0.05, 0.1) is 11.0 Å². The summed E-state index contributed by atoms with van der Waals surface area (Å²) < 4.78 is 0. The van der Waals surface area contributed by atoms with Gasteiger partial charge in [-0.1, -0.05) is 23.8 Å². The van der Waals surface area contributed by atoms with Gasteiger partial charge >= 0.3 is 0 Å². The molecule has 130 valence electrons. The van der Waals surface area contributed by atoms with E-state index in [0.717, 1.165) is 46.2 Å². The van der Waals surface area contributed by atoms with Crippen LogP contribution >= 0.6 is 11.3 Å². The first-order valence-corrected chi connectivity index (χ1v) is 9.62. The molecule has 0 atom stereocenters. The number of allylic oxidation sites excluding steroid dienone is 1. The van der Waals surface area contributed by atoms with Crippen LogP contribution in [-0.4, -0.2) is 9.97 Å². The number of aromatic nitrogens is 2. The fourth-order valence-corrected chi connectivity index (χ4v) is 4.85. The quantitative estimate of drug-likeness (QED) is 0.681. The van der Waals surface area contributed by atoms with Crippen LogP contribution in [0.3, 0.4) is 0 Å². The molecule has 4 rings (SSSR count). The van der Waals surface area contributed by atoms with E-state index in [-0.39, 0.29) is 5.56 Å². The third kappa shape index (κ3) is 2.87. The lowest BCUT2D eigenvalue weighted by Gasteiger charge is -2.09. The minimum atomic E-state index is -0.133. The summed E-state index contributed by atoms with van der Waals surface area (Å²) in [5.41, 5.74) is 4.63. The molecule has 0 aliphatic heterocycles. The van der Waals surface area contributed by atoms with Crippen LogP contribution in [0.5, 0.6) is 0 Å². The van der Waals surface area contributed by atoms with Gasteiger partial charge in [-0.15, -0.1) is 11.3 Å². The third-order valence-corrected chi connectivity index (χ3v) is 6.11. The number of thiophene rings is 1. The summed E-state index contributed by atoms with van der Waals surface area (Å²) in [6.07, 6.45) is 6.06. The molecule has 1 aliphatic carbocycles. The second-order valence-corrected chi connectivity index (χ2v) is 7.92. The van der Waals surface area contributed by atoms with E-state index in [9.17, 15) is 10.1 Å². The van der Waals surface area contributed by atoms with Crippen molar-refractivity contribution in [2.45, 2.75) is 39.5 Å². The standard InChI is InChI=1S/C21H19N3OS/c1-12-7-8-14(13(2)9-12)10-15(11-22)19-23-20(25)18-16-5-3-4-6-17(16)26-21(18)24-19/h7-10H,3-6H2,1-2H3,(H,23,24,25)/b15-10+. The van der Waals surface area contributed by atoms with Crippen molar-refractivity contribution < 1.29 is 0 Å². The van der Waals surface area contributed by atoms with Crippen molar-refractivity contribution in [3.8, 4) is 6.07 Å². The predicted molar refractivity (Wildman–Crippen MR) is 106 cm³/mol. The molecule has 2 heterocycles. The molecular weight excluding hydrogens is 342 g/mol. The average Bonchev–Trinajstić information content (AvgIpc) is 3.00. The Morgan fingerprint density at radius 3 is 2.88 bits per heavy atom. The van der Waals surface area contributed by atoms with Crippen molar-refractivity contribution in [2.24, 2.45) is 0 Å².